The molecule has 1 saturated heterocycles. The molecule has 6 aromatic rings. The lowest BCUT2D eigenvalue weighted by Crippen LogP contribution is -2.39. The first-order valence-electron chi connectivity index (χ1n) is 24.1. The molecule has 7 rings (SSSR count). The molecule has 16 nitrogen and oxygen atoms in total. The minimum absolute atomic E-state index is 0.00263. The van der Waals surface area contributed by atoms with Crippen molar-refractivity contribution in [3.05, 3.63) is 144 Å². The monoisotopic (exact) mass is 984 g/mol. The predicted molar refractivity (Wildman–Crippen MR) is 273 cm³/mol. The molecule has 0 spiro atoms. The first kappa shape index (κ1) is 52.5. The Morgan fingerprint density at radius 2 is 1.49 bits per heavy atom. The van der Waals surface area contributed by atoms with E-state index in [1.807, 2.05) is 95.6 Å². The van der Waals surface area contributed by atoms with Crippen molar-refractivity contribution in [2.75, 3.05) is 32.8 Å². The Kier molecular flexibility index (Phi) is 18.3. The molecular formula is C54H65N8O8P. The van der Waals surface area contributed by atoms with Crippen LogP contribution in [-0.2, 0) is 35.5 Å². The fourth-order valence-electron chi connectivity index (χ4n) is 8.64. The van der Waals surface area contributed by atoms with Crippen molar-refractivity contribution < 1.29 is 37.6 Å². The third-order valence-corrected chi connectivity index (χ3v) is 14.4. The number of aromatic nitrogens is 4. The second-order valence-electron chi connectivity index (χ2n) is 18.3. The smallest absolute Gasteiger partial charge is 0.259 e. The minimum Gasteiger partial charge on any atom is -0.497 e. The Hall–Kier alpha value is -6.31. The maximum Gasteiger partial charge on any atom is 0.259 e. The molecule has 0 bridgehead atoms. The van der Waals surface area contributed by atoms with Crippen molar-refractivity contribution >= 4 is 37.3 Å². The number of ether oxygens (including phenoxy) is 4. The van der Waals surface area contributed by atoms with E-state index in [4.69, 9.17) is 33.0 Å². The number of fused-ring (bicyclic) bond motifs is 1. The number of amides is 2. The molecule has 1 aliphatic heterocycles. The normalized spacial score (nSPS) is 16.4. The maximum atomic E-state index is 13.6. The van der Waals surface area contributed by atoms with Crippen molar-refractivity contribution in [2.24, 2.45) is 5.92 Å². The van der Waals surface area contributed by atoms with Gasteiger partial charge in [-0.05, 0) is 98.7 Å². The van der Waals surface area contributed by atoms with Gasteiger partial charge in [-0.25, -0.2) is 19.6 Å². The van der Waals surface area contributed by atoms with Crippen molar-refractivity contribution in [3.63, 3.8) is 0 Å². The number of imidazole rings is 1. The number of nitriles is 1. The fraction of sp³-hybridized carbons (Fsp3) is 0.407. The fourth-order valence-corrected chi connectivity index (χ4v) is 10.4. The van der Waals surface area contributed by atoms with E-state index in [1.54, 1.807) is 32.7 Å². The summed E-state index contributed by atoms with van der Waals surface area (Å²) in [6, 6.07) is 35.1. The lowest BCUT2D eigenvalue weighted by atomic mass is 9.80. The number of hydrogen-bond donors (Lipinski definition) is 2. The summed E-state index contributed by atoms with van der Waals surface area (Å²) in [5.41, 5.74) is 3.56. The molecule has 2 amide bonds. The molecule has 71 heavy (non-hydrogen) atoms. The molecule has 3 heterocycles. The van der Waals surface area contributed by atoms with Gasteiger partial charge in [-0.15, -0.1) is 0 Å². The summed E-state index contributed by atoms with van der Waals surface area (Å²) < 4.78 is 43.1. The molecule has 2 aromatic heterocycles. The van der Waals surface area contributed by atoms with E-state index in [0.717, 1.165) is 28.7 Å². The Balaban J connectivity index is 1.20. The molecule has 17 heteroatoms. The van der Waals surface area contributed by atoms with Crippen LogP contribution in [0, 0.1) is 17.2 Å². The number of rotatable bonds is 24. The van der Waals surface area contributed by atoms with Crippen LogP contribution in [0.25, 0.3) is 11.2 Å². The Morgan fingerprint density at radius 3 is 2.08 bits per heavy atom. The number of anilines is 1. The summed E-state index contributed by atoms with van der Waals surface area (Å²) in [4.78, 5) is 39.7. The molecule has 0 saturated carbocycles. The van der Waals surface area contributed by atoms with Gasteiger partial charge in [0.1, 0.15) is 35.8 Å². The van der Waals surface area contributed by atoms with E-state index in [2.05, 4.69) is 72.9 Å². The second-order valence-corrected chi connectivity index (χ2v) is 19.7. The quantitative estimate of drug-likeness (QED) is 0.0332. The summed E-state index contributed by atoms with van der Waals surface area (Å²) >= 11 is 0. The highest BCUT2D eigenvalue weighted by molar-refractivity contribution is 7.44. The number of methoxy groups -OCH3 is 2. The van der Waals surface area contributed by atoms with Crippen LogP contribution in [0.5, 0.6) is 11.5 Å². The highest BCUT2D eigenvalue weighted by atomic mass is 31.2. The molecule has 1 fully saturated rings. The third kappa shape index (κ3) is 12.8. The zero-order valence-electron chi connectivity index (χ0n) is 41.8. The molecular weight excluding hydrogens is 920 g/mol. The van der Waals surface area contributed by atoms with Crippen molar-refractivity contribution in [3.8, 4) is 17.6 Å². The summed E-state index contributed by atoms with van der Waals surface area (Å²) in [5, 5.41) is 15.4. The van der Waals surface area contributed by atoms with E-state index in [9.17, 15) is 14.9 Å². The molecule has 4 aromatic carbocycles. The average molecular weight is 985 g/mol. The van der Waals surface area contributed by atoms with E-state index >= 15 is 0 Å². The van der Waals surface area contributed by atoms with E-state index in [1.165, 1.54) is 6.33 Å². The molecule has 2 N–H and O–H groups in total. The van der Waals surface area contributed by atoms with Crippen LogP contribution < -0.4 is 20.1 Å². The maximum absolute atomic E-state index is 13.6. The van der Waals surface area contributed by atoms with Crippen LogP contribution in [0.15, 0.2) is 116 Å². The number of nitrogens with one attached hydrogen (secondary N) is 2. The number of nitrogens with zero attached hydrogens (tertiary/aromatic N) is 6. The van der Waals surface area contributed by atoms with Gasteiger partial charge in [-0.1, -0.05) is 80.6 Å². The lowest BCUT2D eigenvalue weighted by molar-refractivity contribution is -0.121. The average Bonchev–Trinajstić information content (AvgIpc) is 4.00. The number of hydrogen-bond acceptors (Lipinski definition) is 13. The van der Waals surface area contributed by atoms with Gasteiger partial charge in [0.25, 0.3) is 14.4 Å². The number of carbonyl (C=O) groups excluding carboxylic acids is 2. The standard InChI is InChI=1S/C54H65N8O8P/c1-36(2)15-28-48(63)56-32-39-16-18-40(19-17-39)53(64)60-51-50-52(58-34-57-51)61(35-59-50)49-31-46(70-71(68-30-12-29-55)62(37(3)4)38(5)6)47(69-49)33-67-54(41-13-10-9-11-14-41,42-20-24-44(65-7)25-21-42)43-22-26-45(66-8)27-23-43/h9-11,13-14,16-27,34-38,46-47,49H,12,15,28,30-33H2,1-8H3,(H,56,63)(H,57,58,60,64)/t46?,47-,49-,71?/m1/s1. The Labute approximate surface area is 418 Å². The molecule has 2 unspecified atom stereocenters. The molecule has 0 radical (unpaired) electrons. The van der Waals surface area contributed by atoms with Crippen molar-refractivity contribution in [1.29, 1.82) is 5.26 Å². The van der Waals surface area contributed by atoms with Crippen LogP contribution in [0.3, 0.4) is 0 Å². The number of benzene rings is 4. The van der Waals surface area contributed by atoms with Gasteiger partial charge in [0.15, 0.2) is 17.0 Å². The molecule has 0 aliphatic carbocycles. The summed E-state index contributed by atoms with van der Waals surface area (Å²) in [7, 11) is 1.58. The largest absolute Gasteiger partial charge is 0.497 e. The minimum atomic E-state index is -1.69. The van der Waals surface area contributed by atoms with Crippen LogP contribution in [0.4, 0.5) is 5.82 Å². The predicted octanol–water partition coefficient (Wildman–Crippen LogP) is 10.1. The van der Waals surface area contributed by atoms with Crippen molar-refractivity contribution in [1.82, 2.24) is 29.5 Å². The van der Waals surface area contributed by atoms with E-state index in [0.29, 0.717) is 53.5 Å². The van der Waals surface area contributed by atoms with Crippen LogP contribution in [0.2, 0.25) is 0 Å². The first-order valence-corrected chi connectivity index (χ1v) is 25.2. The second kappa shape index (κ2) is 24.7. The van der Waals surface area contributed by atoms with Gasteiger partial charge >= 0.3 is 0 Å². The van der Waals surface area contributed by atoms with E-state index in [-0.39, 0.29) is 49.4 Å². The van der Waals surface area contributed by atoms with Gasteiger partial charge in [0.05, 0.1) is 52.4 Å². The van der Waals surface area contributed by atoms with Crippen molar-refractivity contribution in [2.45, 2.75) is 110 Å². The van der Waals surface area contributed by atoms with Gasteiger partial charge in [-0.2, -0.15) is 5.26 Å². The number of carbonyl (C=O) groups is 2. The first-order chi connectivity index (χ1) is 34.3. The molecule has 1 aliphatic rings. The highest BCUT2D eigenvalue weighted by Crippen LogP contribution is 2.51. The zero-order valence-corrected chi connectivity index (χ0v) is 42.7. The van der Waals surface area contributed by atoms with Gasteiger partial charge in [-0.3, -0.25) is 14.2 Å². The Morgan fingerprint density at radius 1 is 0.859 bits per heavy atom. The molecule has 4 atom stereocenters. The van der Waals surface area contributed by atoms with Crippen LogP contribution >= 0.6 is 8.53 Å². The SMILES string of the molecule is COc1ccc(C(OC[C@H]2O[C@@H](n3cnc4c(NC(=O)c5ccc(CNC(=O)CCC(C)C)cc5)ncnc43)CC2OP(OCCC#N)N(C(C)C)C(C)C)(c2ccccc2)c2ccc(OC)cc2)cc1. The summed E-state index contributed by atoms with van der Waals surface area (Å²) in [5.74, 6) is 1.70. The Bertz CT molecular complexity index is 2640. The van der Waals surface area contributed by atoms with Gasteiger partial charge < -0.3 is 38.6 Å². The topological polar surface area (TPSA) is 184 Å². The van der Waals surface area contributed by atoms with Gasteiger partial charge in [0.2, 0.25) is 5.91 Å². The summed E-state index contributed by atoms with van der Waals surface area (Å²) in [6.45, 7) is 13.2. The van der Waals surface area contributed by atoms with Crippen LogP contribution in [0.1, 0.15) is 106 Å². The summed E-state index contributed by atoms with van der Waals surface area (Å²) in [6.07, 6.45) is 2.97. The van der Waals surface area contributed by atoms with Crippen LogP contribution in [-0.4, -0.2) is 87.7 Å². The van der Waals surface area contributed by atoms with Gasteiger partial charge in [0, 0.05) is 37.0 Å². The van der Waals surface area contributed by atoms with E-state index < -0.39 is 32.6 Å². The molecule has 374 valence electrons. The lowest BCUT2D eigenvalue weighted by Gasteiger charge is -2.39. The zero-order chi connectivity index (χ0) is 50.5. The highest BCUT2D eigenvalue weighted by Gasteiger charge is 2.45. The third-order valence-electron chi connectivity index (χ3n) is 12.3.